The molecule has 8 heteroatoms. The third-order valence-electron chi connectivity index (χ3n) is 2.79. The van der Waals surface area contributed by atoms with Gasteiger partial charge in [-0.1, -0.05) is 0 Å². The molecule has 2 N–H and O–H groups in total. The van der Waals surface area contributed by atoms with Crippen LogP contribution in [0.1, 0.15) is 33.7 Å². The Labute approximate surface area is 120 Å². The highest BCUT2D eigenvalue weighted by Crippen LogP contribution is 2.17. The van der Waals surface area contributed by atoms with Gasteiger partial charge in [0.25, 0.3) is 0 Å². The number of carboxylic acid groups (broad SMARTS) is 1. The molecule has 0 saturated carbocycles. The van der Waals surface area contributed by atoms with Crippen LogP contribution in [0.2, 0.25) is 0 Å². The summed E-state index contributed by atoms with van der Waals surface area (Å²) in [6.07, 6.45) is 0.253. The molecule has 0 spiro atoms. The monoisotopic (exact) mass is 296 g/mol. The summed E-state index contributed by atoms with van der Waals surface area (Å²) in [5.74, 6) is -1.02. The van der Waals surface area contributed by atoms with Gasteiger partial charge in [0, 0.05) is 13.1 Å². The standard InChI is InChI=1S/C12H16N4O3S/c1-7(4-5-13)16(3)12(19)14-6-9-15-8(2)10(20-9)11(17)18/h7H,4,6H2,1-3H3,(H,14,19)(H,17,18). The first kappa shape index (κ1) is 15.9. The van der Waals surface area contributed by atoms with E-state index in [-0.39, 0.29) is 29.9 Å². The van der Waals surface area contributed by atoms with Gasteiger partial charge < -0.3 is 15.3 Å². The molecule has 0 saturated heterocycles. The maximum absolute atomic E-state index is 11.8. The minimum Gasteiger partial charge on any atom is -0.477 e. The first-order chi connectivity index (χ1) is 9.36. The third kappa shape index (κ3) is 3.93. The Bertz CT molecular complexity index is 549. The van der Waals surface area contributed by atoms with Crippen LogP contribution in [0.4, 0.5) is 4.79 Å². The lowest BCUT2D eigenvalue weighted by Gasteiger charge is -2.22. The maximum Gasteiger partial charge on any atom is 0.347 e. The van der Waals surface area contributed by atoms with Crippen molar-refractivity contribution in [2.24, 2.45) is 0 Å². The predicted molar refractivity (Wildman–Crippen MR) is 73.5 cm³/mol. The van der Waals surface area contributed by atoms with Crippen LogP contribution in [0.15, 0.2) is 0 Å². The molecule has 0 aliphatic carbocycles. The molecular formula is C12H16N4O3S. The molecule has 0 aromatic carbocycles. The van der Waals surface area contributed by atoms with E-state index in [0.29, 0.717) is 10.7 Å². The highest BCUT2D eigenvalue weighted by atomic mass is 32.1. The fraction of sp³-hybridized carbons (Fsp3) is 0.500. The molecule has 1 rings (SSSR count). The molecule has 1 heterocycles. The first-order valence-electron chi connectivity index (χ1n) is 5.94. The molecule has 1 aromatic heterocycles. The van der Waals surface area contributed by atoms with Crippen molar-refractivity contribution in [2.45, 2.75) is 32.9 Å². The number of nitriles is 1. The number of hydrogen-bond acceptors (Lipinski definition) is 5. The predicted octanol–water partition coefficient (Wildman–Crippen LogP) is 1.59. The Kier molecular flexibility index (Phi) is 5.46. The van der Waals surface area contributed by atoms with Crippen LogP contribution < -0.4 is 5.32 Å². The Morgan fingerprint density at radius 2 is 2.25 bits per heavy atom. The van der Waals surface area contributed by atoms with Crippen molar-refractivity contribution in [3.63, 3.8) is 0 Å². The molecule has 108 valence electrons. The second kappa shape index (κ2) is 6.86. The van der Waals surface area contributed by atoms with Crippen molar-refractivity contribution < 1.29 is 14.7 Å². The normalized spacial score (nSPS) is 11.5. The van der Waals surface area contributed by atoms with Crippen molar-refractivity contribution in [3.05, 3.63) is 15.6 Å². The Morgan fingerprint density at radius 3 is 2.75 bits per heavy atom. The van der Waals surface area contributed by atoms with Gasteiger partial charge in [-0.15, -0.1) is 11.3 Å². The number of aryl methyl sites for hydroxylation is 1. The molecule has 0 radical (unpaired) electrons. The van der Waals surface area contributed by atoms with Crippen LogP contribution >= 0.6 is 11.3 Å². The minimum absolute atomic E-state index is 0.168. The quantitative estimate of drug-likeness (QED) is 0.858. The average molecular weight is 296 g/mol. The Balaban J connectivity index is 2.59. The number of rotatable bonds is 5. The van der Waals surface area contributed by atoms with E-state index < -0.39 is 5.97 Å². The molecule has 0 aliphatic heterocycles. The number of carbonyl (C=O) groups is 2. The number of carboxylic acids is 1. The van der Waals surface area contributed by atoms with Crippen LogP contribution in [0.25, 0.3) is 0 Å². The maximum atomic E-state index is 11.8. The van der Waals surface area contributed by atoms with Crippen molar-refractivity contribution in [2.75, 3.05) is 7.05 Å². The van der Waals surface area contributed by atoms with E-state index in [0.717, 1.165) is 11.3 Å². The highest BCUT2D eigenvalue weighted by molar-refractivity contribution is 7.13. The van der Waals surface area contributed by atoms with E-state index in [9.17, 15) is 9.59 Å². The Hall–Kier alpha value is -2.14. The second-order valence-corrected chi connectivity index (χ2v) is 5.39. The molecule has 7 nitrogen and oxygen atoms in total. The number of hydrogen-bond donors (Lipinski definition) is 2. The fourth-order valence-corrected chi connectivity index (χ4v) is 2.31. The zero-order valence-corrected chi connectivity index (χ0v) is 12.3. The number of amides is 2. The van der Waals surface area contributed by atoms with Gasteiger partial charge in [-0.2, -0.15) is 5.26 Å². The van der Waals surface area contributed by atoms with E-state index in [1.807, 2.05) is 6.07 Å². The SMILES string of the molecule is Cc1nc(CNC(=O)N(C)C(C)CC#N)sc1C(=O)O. The van der Waals surface area contributed by atoms with Gasteiger partial charge in [0.15, 0.2) is 0 Å². The van der Waals surface area contributed by atoms with Gasteiger partial charge in [-0.25, -0.2) is 14.6 Å². The number of carbonyl (C=O) groups excluding carboxylic acids is 1. The second-order valence-electron chi connectivity index (χ2n) is 4.31. The summed E-state index contributed by atoms with van der Waals surface area (Å²) in [6, 6.07) is 1.49. The first-order valence-corrected chi connectivity index (χ1v) is 6.75. The summed E-state index contributed by atoms with van der Waals surface area (Å²) in [5.41, 5.74) is 0.443. The lowest BCUT2D eigenvalue weighted by Crippen LogP contribution is -2.41. The van der Waals surface area contributed by atoms with Gasteiger partial charge in [0.1, 0.15) is 9.88 Å². The van der Waals surface area contributed by atoms with Crippen LogP contribution in [0, 0.1) is 18.3 Å². The summed E-state index contributed by atoms with van der Waals surface area (Å²) in [4.78, 5) is 28.4. The summed E-state index contributed by atoms with van der Waals surface area (Å²) < 4.78 is 0. The highest BCUT2D eigenvalue weighted by Gasteiger charge is 2.17. The van der Waals surface area contributed by atoms with Crippen LogP contribution in [0.5, 0.6) is 0 Å². The van der Waals surface area contributed by atoms with Crippen LogP contribution in [-0.2, 0) is 6.54 Å². The number of aromatic nitrogens is 1. The molecule has 20 heavy (non-hydrogen) atoms. The lowest BCUT2D eigenvalue weighted by atomic mass is 10.2. The van der Waals surface area contributed by atoms with Crippen LogP contribution in [-0.4, -0.2) is 40.1 Å². The largest absolute Gasteiger partial charge is 0.477 e. The molecule has 1 aromatic rings. The summed E-state index contributed by atoms with van der Waals surface area (Å²) in [7, 11) is 1.60. The molecular weight excluding hydrogens is 280 g/mol. The molecule has 0 bridgehead atoms. The Morgan fingerprint density at radius 1 is 1.60 bits per heavy atom. The fourth-order valence-electron chi connectivity index (χ4n) is 1.47. The van der Waals surface area contributed by atoms with Gasteiger partial charge in [-0.05, 0) is 13.8 Å². The van der Waals surface area contributed by atoms with Crippen molar-refractivity contribution >= 4 is 23.3 Å². The molecule has 0 fully saturated rings. The zero-order chi connectivity index (χ0) is 15.3. The van der Waals surface area contributed by atoms with Gasteiger partial charge in [-0.3, -0.25) is 0 Å². The van der Waals surface area contributed by atoms with E-state index in [2.05, 4.69) is 10.3 Å². The topological polar surface area (TPSA) is 106 Å². The minimum atomic E-state index is -1.02. The number of nitrogens with one attached hydrogen (secondary N) is 1. The van der Waals surface area contributed by atoms with Crippen molar-refractivity contribution in [1.82, 2.24) is 15.2 Å². The summed E-state index contributed by atoms with van der Waals surface area (Å²) in [6.45, 7) is 3.56. The zero-order valence-electron chi connectivity index (χ0n) is 11.5. The van der Waals surface area contributed by atoms with Crippen LogP contribution in [0.3, 0.4) is 0 Å². The number of aromatic carboxylic acids is 1. The number of thiazole rings is 1. The van der Waals surface area contributed by atoms with E-state index >= 15 is 0 Å². The van der Waals surface area contributed by atoms with Gasteiger partial charge in [0.2, 0.25) is 0 Å². The van der Waals surface area contributed by atoms with Crippen molar-refractivity contribution in [3.8, 4) is 6.07 Å². The van der Waals surface area contributed by atoms with E-state index in [1.54, 1.807) is 20.9 Å². The molecule has 0 aliphatic rings. The van der Waals surface area contributed by atoms with E-state index in [1.165, 1.54) is 4.90 Å². The third-order valence-corrected chi connectivity index (χ3v) is 3.94. The average Bonchev–Trinajstić information content (AvgIpc) is 2.76. The summed E-state index contributed by atoms with van der Waals surface area (Å²) in [5, 5.41) is 20.7. The van der Waals surface area contributed by atoms with Crippen molar-refractivity contribution in [1.29, 1.82) is 5.26 Å². The van der Waals surface area contributed by atoms with Gasteiger partial charge >= 0.3 is 12.0 Å². The molecule has 1 atom stereocenters. The molecule has 1 unspecified atom stereocenters. The summed E-state index contributed by atoms with van der Waals surface area (Å²) >= 11 is 1.04. The van der Waals surface area contributed by atoms with Gasteiger partial charge in [0.05, 0.1) is 24.7 Å². The lowest BCUT2D eigenvalue weighted by molar-refractivity contribution is 0.0701. The smallest absolute Gasteiger partial charge is 0.347 e. The number of nitrogens with zero attached hydrogens (tertiary/aromatic N) is 3. The van der Waals surface area contributed by atoms with E-state index in [4.69, 9.17) is 10.4 Å². The molecule has 2 amide bonds. The number of urea groups is 1.